The van der Waals surface area contributed by atoms with Crippen molar-refractivity contribution in [3.05, 3.63) is 35.9 Å². The predicted molar refractivity (Wildman–Crippen MR) is 119 cm³/mol. The molecule has 6 heteroatoms. The molecule has 32 heavy (non-hydrogen) atoms. The minimum atomic E-state index is -0.886. The third-order valence-corrected chi connectivity index (χ3v) is 8.25. The van der Waals surface area contributed by atoms with Crippen LogP contribution in [0.25, 0.3) is 0 Å². The summed E-state index contributed by atoms with van der Waals surface area (Å²) in [6.45, 7) is 2.61. The van der Waals surface area contributed by atoms with E-state index in [1.807, 2.05) is 30.3 Å². The van der Waals surface area contributed by atoms with Crippen molar-refractivity contribution in [3.8, 4) is 0 Å². The maximum absolute atomic E-state index is 13.7. The van der Waals surface area contributed by atoms with Gasteiger partial charge in [0.05, 0.1) is 5.41 Å². The van der Waals surface area contributed by atoms with E-state index in [4.69, 9.17) is 4.74 Å². The minimum Gasteiger partial charge on any atom is -0.451 e. The molecule has 0 spiro atoms. The van der Waals surface area contributed by atoms with E-state index in [9.17, 15) is 14.4 Å². The molecule has 1 aromatic carbocycles. The first-order valence-electron chi connectivity index (χ1n) is 12.3. The Bertz CT molecular complexity index is 848. The molecule has 0 radical (unpaired) electrons. The van der Waals surface area contributed by atoms with Gasteiger partial charge in [0.2, 0.25) is 5.91 Å². The molecule has 1 aromatic rings. The Morgan fingerprint density at radius 3 is 2.31 bits per heavy atom. The molecule has 6 nitrogen and oxygen atoms in total. The molecule has 1 N–H and O–H groups in total. The Morgan fingerprint density at radius 2 is 1.69 bits per heavy atom. The SMILES string of the molecule is C[C@H](OC(=O)[C@@H]1CCCN1C(=O)C12CC3CC(CC(C3)C1)C2)C(=O)NCc1ccccc1. The van der Waals surface area contributed by atoms with Gasteiger partial charge in [-0.3, -0.25) is 9.59 Å². The number of esters is 1. The number of amides is 2. The van der Waals surface area contributed by atoms with Crippen LogP contribution in [0.1, 0.15) is 63.9 Å². The van der Waals surface area contributed by atoms with Gasteiger partial charge >= 0.3 is 5.97 Å². The van der Waals surface area contributed by atoms with Crippen LogP contribution >= 0.6 is 0 Å². The number of rotatable bonds is 6. The van der Waals surface area contributed by atoms with Crippen molar-refractivity contribution in [3.63, 3.8) is 0 Å². The van der Waals surface area contributed by atoms with Gasteiger partial charge in [0.25, 0.3) is 5.91 Å². The lowest BCUT2D eigenvalue weighted by molar-refractivity contribution is -0.168. The summed E-state index contributed by atoms with van der Waals surface area (Å²) in [6, 6.07) is 9.07. The van der Waals surface area contributed by atoms with Gasteiger partial charge in [-0.2, -0.15) is 0 Å². The summed E-state index contributed by atoms with van der Waals surface area (Å²) in [6.07, 6.45) is 7.39. The van der Waals surface area contributed by atoms with Crippen molar-refractivity contribution in [2.45, 2.75) is 77.0 Å². The van der Waals surface area contributed by atoms with Crippen LogP contribution in [-0.4, -0.2) is 41.4 Å². The van der Waals surface area contributed by atoms with Crippen molar-refractivity contribution in [1.29, 1.82) is 0 Å². The quantitative estimate of drug-likeness (QED) is 0.691. The van der Waals surface area contributed by atoms with E-state index in [-0.39, 0.29) is 17.2 Å². The number of nitrogens with one attached hydrogen (secondary N) is 1. The topological polar surface area (TPSA) is 75.7 Å². The Balaban J connectivity index is 1.19. The van der Waals surface area contributed by atoms with E-state index in [1.54, 1.807) is 11.8 Å². The first-order valence-corrected chi connectivity index (χ1v) is 12.3. The number of nitrogens with zero attached hydrogens (tertiary/aromatic N) is 1. The number of carbonyl (C=O) groups is 3. The molecule has 6 rings (SSSR count). The summed E-state index contributed by atoms with van der Waals surface area (Å²) in [5.74, 6) is 1.48. The average molecular weight is 439 g/mol. The van der Waals surface area contributed by atoms with Gasteiger partial charge in [-0.1, -0.05) is 30.3 Å². The lowest BCUT2D eigenvalue weighted by atomic mass is 9.49. The molecule has 2 atom stereocenters. The second-order valence-electron chi connectivity index (χ2n) is 10.6. The molecule has 172 valence electrons. The maximum atomic E-state index is 13.7. The van der Waals surface area contributed by atoms with Crippen LogP contribution in [-0.2, 0) is 25.7 Å². The summed E-state index contributed by atoms with van der Waals surface area (Å²) in [5, 5.41) is 2.82. The largest absolute Gasteiger partial charge is 0.451 e. The lowest BCUT2D eigenvalue weighted by Gasteiger charge is -2.56. The zero-order valence-electron chi connectivity index (χ0n) is 18.9. The minimum absolute atomic E-state index is 0.178. The molecule has 5 aliphatic rings. The van der Waals surface area contributed by atoms with Gasteiger partial charge in [-0.15, -0.1) is 0 Å². The molecule has 0 unspecified atom stereocenters. The smallest absolute Gasteiger partial charge is 0.329 e. The first kappa shape index (κ1) is 21.5. The normalized spacial score (nSPS) is 33.7. The summed E-state index contributed by atoms with van der Waals surface area (Å²) < 4.78 is 5.54. The predicted octanol–water partition coefficient (Wildman–Crippen LogP) is 3.44. The maximum Gasteiger partial charge on any atom is 0.329 e. The number of hydrogen-bond acceptors (Lipinski definition) is 4. The number of likely N-dealkylation sites (tertiary alicyclic amines) is 1. The van der Waals surface area contributed by atoms with Crippen molar-refractivity contribution in [1.82, 2.24) is 10.2 Å². The van der Waals surface area contributed by atoms with Crippen LogP contribution in [0, 0.1) is 23.2 Å². The van der Waals surface area contributed by atoms with Crippen molar-refractivity contribution < 1.29 is 19.1 Å². The molecule has 4 saturated carbocycles. The summed E-state index contributed by atoms with van der Waals surface area (Å²) >= 11 is 0. The number of hydrogen-bond donors (Lipinski definition) is 1. The molecule has 1 heterocycles. The van der Waals surface area contributed by atoms with Gasteiger partial charge in [-0.25, -0.2) is 4.79 Å². The van der Waals surface area contributed by atoms with Gasteiger partial charge in [0.15, 0.2) is 6.10 Å². The molecular weight excluding hydrogens is 404 g/mol. The van der Waals surface area contributed by atoms with Crippen LogP contribution in [0.4, 0.5) is 0 Å². The zero-order valence-corrected chi connectivity index (χ0v) is 18.9. The number of ether oxygens (including phenoxy) is 1. The third-order valence-electron chi connectivity index (χ3n) is 8.25. The Morgan fingerprint density at radius 1 is 1.06 bits per heavy atom. The average Bonchev–Trinajstić information content (AvgIpc) is 3.26. The van der Waals surface area contributed by atoms with Gasteiger partial charge in [0.1, 0.15) is 6.04 Å². The highest BCUT2D eigenvalue weighted by Gasteiger charge is 2.57. The van der Waals surface area contributed by atoms with Gasteiger partial charge < -0.3 is 15.0 Å². The molecule has 5 fully saturated rings. The van der Waals surface area contributed by atoms with Crippen molar-refractivity contribution >= 4 is 17.8 Å². The van der Waals surface area contributed by atoms with E-state index in [0.717, 1.165) is 31.2 Å². The molecule has 4 bridgehead atoms. The van der Waals surface area contributed by atoms with Crippen LogP contribution in [0.15, 0.2) is 30.3 Å². The molecule has 2 amide bonds. The van der Waals surface area contributed by atoms with Gasteiger partial charge in [0, 0.05) is 13.1 Å². The highest BCUT2D eigenvalue weighted by Crippen LogP contribution is 2.60. The molecule has 1 saturated heterocycles. The Hall–Kier alpha value is -2.37. The standard InChI is InChI=1S/C26H34N2O4/c1-17(23(29)27-16-18-6-3-2-4-7-18)32-24(30)22-8-5-9-28(22)25(31)26-13-19-10-20(14-26)12-21(11-19)15-26/h2-4,6-7,17,19-22H,5,8-16H2,1H3,(H,27,29)/t17-,19?,20?,21?,22-,26?/m0/s1. The molecule has 4 aliphatic carbocycles. The van der Waals surface area contributed by atoms with Crippen molar-refractivity contribution in [2.24, 2.45) is 23.2 Å². The summed E-state index contributed by atoms with van der Waals surface area (Å²) in [4.78, 5) is 41.0. The monoisotopic (exact) mass is 438 g/mol. The zero-order chi connectivity index (χ0) is 22.3. The Kier molecular flexibility index (Phi) is 5.72. The highest BCUT2D eigenvalue weighted by molar-refractivity contribution is 5.90. The van der Waals surface area contributed by atoms with Crippen molar-refractivity contribution in [2.75, 3.05) is 6.54 Å². The van der Waals surface area contributed by atoms with E-state index in [0.29, 0.717) is 37.3 Å². The highest BCUT2D eigenvalue weighted by atomic mass is 16.5. The fourth-order valence-electron chi connectivity index (χ4n) is 7.17. The van der Waals surface area contributed by atoms with E-state index in [2.05, 4.69) is 5.32 Å². The van der Waals surface area contributed by atoms with Crippen LogP contribution in [0.3, 0.4) is 0 Å². The van der Waals surface area contributed by atoms with E-state index >= 15 is 0 Å². The number of benzene rings is 1. The lowest BCUT2D eigenvalue weighted by Crippen LogP contribution is -2.56. The van der Waals surface area contributed by atoms with E-state index < -0.39 is 18.1 Å². The van der Waals surface area contributed by atoms with Crippen LogP contribution in [0.2, 0.25) is 0 Å². The second kappa shape index (κ2) is 8.53. The fourth-order valence-corrected chi connectivity index (χ4v) is 7.17. The van der Waals surface area contributed by atoms with E-state index in [1.165, 1.54) is 19.3 Å². The molecule has 0 aromatic heterocycles. The van der Waals surface area contributed by atoms with Crippen LogP contribution < -0.4 is 5.32 Å². The van der Waals surface area contributed by atoms with Gasteiger partial charge in [-0.05, 0) is 81.6 Å². The second-order valence-corrected chi connectivity index (χ2v) is 10.6. The summed E-state index contributed by atoms with van der Waals surface area (Å²) in [7, 11) is 0. The first-order chi connectivity index (χ1) is 15.4. The molecule has 1 aliphatic heterocycles. The Labute approximate surface area is 190 Å². The van der Waals surface area contributed by atoms with Crippen LogP contribution in [0.5, 0.6) is 0 Å². The third kappa shape index (κ3) is 4.04. The molecular formula is C26H34N2O4. The summed E-state index contributed by atoms with van der Waals surface area (Å²) in [5.41, 5.74) is 0.735. The fraction of sp³-hybridized carbons (Fsp3) is 0.654. The number of carbonyl (C=O) groups excluding carboxylic acids is 3.